The second-order valence-corrected chi connectivity index (χ2v) is 6.65. The Hall–Kier alpha value is -2.78. The topological polar surface area (TPSA) is 82.3 Å². The van der Waals surface area contributed by atoms with Gasteiger partial charge in [-0.05, 0) is 65.0 Å². The highest BCUT2D eigenvalue weighted by molar-refractivity contribution is 9.10. The summed E-state index contributed by atoms with van der Waals surface area (Å²) in [4.78, 5) is 12.3. The summed E-state index contributed by atoms with van der Waals surface area (Å²) >= 11 is 3.25. The van der Waals surface area contributed by atoms with Crippen molar-refractivity contribution in [3.05, 3.63) is 63.6 Å². The van der Waals surface area contributed by atoms with Crippen LogP contribution in [-0.4, -0.2) is 24.2 Å². The van der Waals surface area contributed by atoms with Crippen LogP contribution in [0.25, 0.3) is 6.08 Å². The lowest BCUT2D eigenvalue weighted by molar-refractivity contribution is -0.117. The SMILES string of the molecule is CCOc1cc(/C=C(/C#N)C(=O)NCCCc2ccccc2)cc(Br)c1O. The molecule has 0 radical (unpaired) electrons. The van der Waals surface area contributed by atoms with E-state index in [-0.39, 0.29) is 11.3 Å². The highest BCUT2D eigenvalue weighted by Gasteiger charge is 2.12. The second kappa shape index (κ2) is 10.4. The van der Waals surface area contributed by atoms with E-state index in [0.717, 1.165) is 12.8 Å². The molecule has 1 amide bonds. The zero-order valence-corrected chi connectivity index (χ0v) is 16.6. The molecule has 2 rings (SSSR count). The molecule has 140 valence electrons. The second-order valence-electron chi connectivity index (χ2n) is 5.80. The van der Waals surface area contributed by atoms with Crippen LogP contribution in [0.1, 0.15) is 24.5 Å². The molecule has 6 heteroatoms. The average molecular weight is 429 g/mol. The van der Waals surface area contributed by atoms with Crippen LogP contribution in [0.3, 0.4) is 0 Å². The predicted molar refractivity (Wildman–Crippen MR) is 108 cm³/mol. The number of hydrogen-bond donors (Lipinski definition) is 2. The Bertz CT molecular complexity index is 858. The van der Waals surface area contributed by atoms with Crippen molar-refractivity contribution in [3.63, 3.8) is 0 Å². The standard InChI is InChI=1S/C21H21BrN2O3/c1-2-27-19-13-16(12-18(22)20(19)25)11-17(14-23)21(26)24-10-6-9-15-7-4-3-5-8-15/h3-5,7-8,11-13,25H,2,6,9-10H2,1H3,(H,24,26)/b17-11-. The van der Waals surface area contributed by atoms with Gasteiger partial charge in [0.1, 0.15) is 11.6 Å². The summed E-state index contributed by atoms with van der Waals surface area (Å²) in [7, 11) is 0. The summed E-state index contributed by atoms with van der Waals surface area (Å²) in [6.07, 6.45) is 3.11. The Kier molecular flexibility index (Phi) is 7.90. The van der Waals surface area contributed by atoms with Gasteiger partial charge in [0.15, 0.2) is 11.5 Å². The van der Waals surface area contributed by atoms with Crippen molar-refractivity contribution in [2.45, 2.75) is 19.8 Å². The van der Waals surface area contributed by atoms with Crippen LogP contribution in [0.4, 0.5) is 0 Å². The molecule has 27 heavy (non-hydrogen) atoms. The molecule has 2 aromatic carbocycles. The van der Waals surface area contributed by atoms with Gasteiger partial charge in [-0.3, -0.25) is 4.79 Å². The zero-order valence-electron chi connectivity index (χ0n) is 15.0. The van der Waals surface area contributed by atoms with Gasteiger partial charge in [-0.25, -0.2) is 0 Å². The molecule has 0 atom stereocenters. The highest BCUT2D eigenvalue weighted by atomic mass is 79.9. The predicted octanol–water partition coefficient (Wildman–Crippen LogP) is 4.21. The van der Waals surface area contributed by atoms with E-state index in [4.69, 9.17) is 4.74 Å². The lowest BCUT2D eigenvalue weighted by Crippen LogP contribution is -2.25. The third-order valence-electron chi connectivity index (χ3n) is 3.80. The van der Waals surface area contributed by atoms with Crippen molar-refractivity contribution in [3.8, 4) is 17.6 Å². The minimum absolute atomic E-state index is 0.00486. The minimum atomic E-state index is -0.423. The van der Waals surface area contributed by atoms with E-state index in [1.165, 1.54) is 11.6 Å². The Labute approximate surface area is 167 Å². The van der Waals surface area contributed by atoms with E-state index < -0.39 is 5.91 Å². The third-order valence-corrected chi connectivity index (χ3v) is 4.40. The number of rotatable bonds is 8. The molecule has 0 aromatic heterocycles. The number of amides is 1. The van der Waals surface area contributed by atoms with Crippen LogP contribution in [0.5, 0.6) is 11.5 Å². The van der Waals surface area contributed by atoms with Gasteiger partial charge in [0.05, 0.1) is 11.1 Å². The number of nitrogens with zero attached hydrogens (tertiary/aromatic N) is 1. The van der Waals surface area contributed by atoms with Crippen molar-refractivity contribution < 1.29 is 14.6 Å². The molecule has 0 aliphatic rings. The molecule has 0 aliphatic heterocycles. The van der Waals surface area contributed by atoms with Crippen LogP contribution in [0.2, 0.25) is 0 Å². The monoisotopic (exact) mass is 428 g/mol. The van der Waals surface area contributed by atoms with Gasteiger partial charge in [-0.2, -0.15) is 5.26 Å². The van der Waals surface area contributed by atoms with Crippen molar-refractivity contribution in [2.24, 2.45) is 0 Å². The fraction of sp³-hybridized carbons (Fsp3) is 0.238. The van der Waals surface area contributed by atoms with Gasteiger partial charge in [0, 0.05) is 6.54 Å². The molecular formula is C21H21BrN2O3. The van der Waals surface area contributed by atoms with E-state index in [1.807, 2.05) is 36.4 Å². The van der Waals surface area contributed by atoms with Gasteiger partial charge in [0.2, 0.25) is 0 Å². The van der Waals surface area contributed by atoms with Crippen LogP contribution in [-0.2, 0) is 11.2 Å². The van der Waals surface area contributed by atoms with Gasteiger partial charge in [-0.1, -0.05) is 30.3 Å². The average Bonchev–Trinajstić information content (AvgIpc) is 2.68. The summed E-state index contributed by atoms with van der Waals surface area (Å²) < 4.78 is 5.79. The Balaban J connectivity index is 2.00. The number of aromatic hydroxyl groups is 1. The van der Waals surface area contributed by atoms with Crippen LogP contribution in [0, 0.1) is 11.3 Å². The largest absolute Gasteiger partial charge is 0.503 e. The lowest BCUT2D eigenvalue weighted by Gasteiger charge is -2.09. The molecule has 0 spiro atoms. The number of aryl methyl sites for hydroxylation is 1. The number of halogens is 1. The number of hydrogen-bond acceptors (Lipinski definition) is 4. The normalized spacial score (nSPS) is 10.9. The molecule has 0 bridgehead atoms. The first-order chi connectivity index (χ1) is 13.0. The van der Waals surface area contributed by atoms with E-state index in [1.54, 1.807) is 19.1 Å². The summed E-state index contributed by atoms with van der Waals surface area (Å²) in [5.74, 6) is -0.149. The van der Waals surface area contributed by atoms with E-state index in [2.05, 4.69) is 21.2 Å². The molecule has 0 heterocycles. The maximum absolute atomic E-state index is 12.3. The summed E-state index contributed by atoms with van der Waals surface area (Å²) in [5.41, 5.74) is 1.79. The number of phenols is 1. The van der Waals surface area contributed by atoms with Crippen molar-refractivity contribution in [1.82, 2.24) is 5.32 Å². The maximum Gasteiger partial charge on any atom is 0.261 e. The molecule has 5 nitrogen and oxygen atoms in total. The van der Waals surface area contributed by atoms with Crippen molar-refractivity contribution in [1.29, 1.82) is 5.26 Å². The molecule has 2 aromatic rings. The number of nitrogens with one attached hydrogen (secondary N) is 1. The first-order valence-corrected chi connectivity index (χ1v) is 9.43. The Morgan fingerprint density at radius 2 is 2.07 bits per heavy atom. The Morgan fingerprint density at radius 1 is 1.33 bits per heavy atom. The molecule has 2 N–H and O–H groups in total. The van der Waals surface area contributed by atoms with Crippen LogP contribution in [0.15, 0.2) is 52.5 Å². The zero-order chi connectivity index (χ0) is 19.6. The van der Waals surface area contributed by atoms with Crippen LogP contribution < -0.4 is 10.1 Å². The first kappa shape index (κ1) is 20.5. The molecule has 0 fully saturated rings. The number of benzene rings is 2. The van der Waals surface area contributed by atoms with Gasteiger partial charge < -0.3 is 15.2 Å². The molecule has 0 aliphatic carbocycles. The van der Waals surface area contributed by atoms with Crippen molar-refractivity contribution >= 4 is 27.9 Å². The molecule has 0 unspecified atom stereocenters. The third kappa shape index (κ3) is 6.15. The molecular weight excluding hydrogens is 408 g/mol. The van der Waals surface area contributed by atoms with E-state index >= 15 is 0 Å². The Morgan fingerprint density at radius 3 is 2.74 bits per heavy atom. The number of carbonyl (C=O) groups is 1. The van der Waals surface area contributed by atoms with E-state index in [9.17, 15) is 15.2 Å². The number of nitriles is 1. The molecule has 0 saturated heterocycles. The quantitative estimate of drug-likeness (QED) is 0.374. The number of phenolic OH excluding ortho intramolecular Hbond substituents is 1. The van der Waals surface area contributed by atoms with Gasteiger partial charge in [0.25, 0.3) is 5.91 Å². The smallest absolute Gasteiger partial charge is 0.261 e. The highest BCUT2D eigenvalue weighted by Crippen LogP contribution is 2.36. The summed E-state index contributed by atoms with van der Waals surface area (Å²) in [5, 5.41) is 22.0. The molecule has 0 saturated carbocycles. The lowest BCUT2D eigenvalue weighted by atomic mass is 10.1. The maximum atomic E-state index is 12.3. The fourth-order valence-corrected chi connectivity index (χ4v) is 2.95. The summed E-state index contributed by atoms with van der Waals surface area (Å²) in [6.45, 7) is 2.68. The van der Waals surface area contributed by atoms with E-state index in [0.29, 0.717) is 28.9 Å². The van der Waals surface area contributed by atoms with Crippen LogP contribution >= 0.6 is 15.9 Å². The fourth-order valence-electron chi connectivity index (χ4n) is 2.49. The van der Waals surface area contributed by atoms with Crippen molar-refractivity contribution in [2.75, 3.05) is 13.2 Å². The van der Waals surface area contributed by atoms with Gasteiger partial charge >= 0.3 is 0 Å². The number of ether oxygens (including phenoxy) is 1. The first-order valence-electron chi connectivity index (χ1n) is 8.64. The number of carbonyl (C=O) groups excluding carboxylic acids is 1. The van der Waals surface area contributed by atoms with Gasteiger partial charge in [-0.15, -0.1) is 0 Å². The summed E-state index contributed by atoms with van der Waals surface area (Å²) in [6, 6.07) is 15.2. The minimum Gasteiger partial charge on any atom is -0.503 e.